The van der Waals surface area contributed by atoms with Crippen molar-refractivity contribution in [3.63, 3.8) is 0 Å². The van der Waals surface area contributed by atoms with Gasteiger partial charge in [0.15, 0.2) is 0 Å². The van der Waals surface area contributed by atoms with Gasteiger partial charge in [0.25, 0.3) is 5.56 Å². The summed E-state index contributed by atoms with van der Waals surface area (Å²) >= 11 is 3.13. The van der Waals surface area contributed by atoms with Gasteiger partial charge in [0.05, 0.1) is 22.2 Å². The minimum Gasteiger partial charge on any atom is -0.293 e. The summed E-state index contributed by atoms with van der Waals surface area (Å²) in [6.07, 6.45) is 1.49. The number of aromatic nitrogens is 4. The van der Waals surface area contributed by atoms with E-state index < -0.39 is 11.2 Å². The van der Waals surface area contributed by atoms with Gasteiger partial charge in [0, 0.05) is 18.1 Å². The lowest BCUT2D eigenvalue weighted by molar-refractivity contribution is 0.639. The van der Waals surface area contributed by atoms with E-state index in [1.54, 1.807) is 0 Å². The van der Waals surface area contributed by atoms with Crippen LogP contribution in [0.2, 0.25) is 0 Å². The van der Waals surface area contributed by atoms with Crippen LogP contribution in [-0.4, -0.2) is 19.3 Å². The minimum absolute atomic E-state index is 0.307. The number of aromatic amines is 1. The van der Waals surface area contributed by atoms with Crippen LogP contribution in [0, 0.1) is 0 Å². The highest BCUT2D eigenvalue weighted by Gasteiger charge is 2.11. The number of H-pyrrole nitrogens is 1. The van der Waals surface area contributed by atoms with Crippen molar-refractivity contribution in [2.45, 2.75) is 20.0 Å². The monoisotopic (exact) mass is 348 g/mol. The first kappa shape index (κ1) is 13.8. The van der Waals surface area contributed by atoms with Gasteiger partial charge in [-0.15, -0.1) is 0 Å². The molecule has 0 atom stereocenters. The molecule has 0 radical (unpaired) electrons. The van der Waals surface area contributed by atoms with Gasteiger partial charge in [0.1, 0.15) is 0 Å². The van der Waals surface area contributed by atoms with Gasteiger partial charge >= 0.3 is 5.69 Å². The van der Waals surface area contributed by atoms with E-state index in [1.165, 1.54) is 10.8 Å². The summed E-state index contributed by atoms with van der Waals surface area (Å²) < 4.78 is 3.65. The van der Waals surface area contributed by atoms with Crippen molar-refractivity contribution in [3.05, 3.63) is 61.5 Å². The highest BCUT2D eigenvalue weighted by Crippen LogP contribution is 2.19. The van der Waals surface area contributed by atoms with Gasteiger partial charge < -0.3 is 0 Å². The average Bonchev–Trinajstić information content (AvgIpc) is 2.83. The van der Waals surface area contributed by atoms with Gasteiger partial charge in [-0.1, -0.05) is 18.2 Å². The largest absolute Gasteiger partial charge is 0.328 e. The molecule has 1 aromatic carbocycles. The molecule has 3 rings (SSSR count). The number of hydrogen-bond donors (Lipinski definition) is 1. The molecule has 2 heterocycles. The average molecular weight is 349 g/mol. The molecule has 3 aromatic rings. The Hall–Kier alpha value is -2.15. The van der Waals surface area contributed by atoms with E-state index in [2.05, 4.69) is 26.0 Å². The van der Waals surface area contributed by atoms with Gasteiger partial charge in [-0.2, -0.15) is 5.10 Å². The molecule has 0 saturated heterocycles. The number of nitrogens with zero attached hydrogens (tertiary/aromatic N) is 3. The molecule has 0 aliphatic carbocycles. The SMILES string of the molecule is CCn1nc(Cn2cc(Br)c(=O)[nH]c2=O)c2ccccc21. The smallest absolute Gasteiger partial charge is 0.293 e. The summed E-state index contributed by atoms with van der Waals surface area (Å²) in [6, 6.07) is 7.89. The van der Waals surface area contributed by atoms with E-state index in [9.17, 15) is 9.59 Å². The van der Waals surface area contributed by atoms with Gasteiger partial charge in [-0.25, -0.2) is 4.79 Å². The molecule has 0 aliphatic heterocycles. The highest BCUT2D eigenvalue weighted by molar-refractivity contribution is 9.10. The summed E-state index contributed by atoms with van der Waals surface area (Å²) in [5.74, 6) is 0. The zero-order valence-electron chi connectivity index (χ0n) is 11.3. The van der Waals surface area contributed by atoms with E-state index in [0.717, 1.165) is 23.1 Å². The molecule has 0 spiro atoms. The highest BCUT2D eigenvalue weighted by atomic mass is 79.9. The second-order valence-electron chi connectivity index (χ2n) is 4.64. The Bertz CT molecular complexity index is 923. The van der Waals surface area contributed by atoms with Crippen LogP contribution in [0.25, 0.3) is 10.9 Å². The quantitative estimate of drug-likeness (QED) is 0.783. The van der Waals surface area contributed by atoms with Crippen LogP contribution in [0.5, 0.6) is 0 Å². The predicted molar refractivity (Wildman–Crippen MR) is 83.5 cm³/mol. The molecule has 0 bridgehead atoms. The van der Waals surface area contributed by atoms with Crippen molar-refractivity contribution < 1.29 is 0 Å². The second-order valence-corrected chi connectivity index (χ2v) is 5.50. The van der Waals surface area contributed by atoms with Crippen molar-refractivity contribution in [3.8, 4) is 0 Å². The molecule has 0 unspecified atom stereocenters. The van der Waals surface area contributed by atoms with E-state index in [4.69, 9.17) is 0 Å². The van der Waals surface area contributed by atoms with Crippen molar-refractivity contribution in [2.24, 2.45) is 0 Å². The zero-order valence-corrected chi connectivity index (χ0v) is 12.9. The van der Waals surface area contributed by atoms with Crippen molar-refractivity contribution in [1.29, 1.82) is 0 Å². The number of para-hydroxylation sites is 1. The van der Waals surface area contributed by atoms with E-state index in [1.807, 2.05) is 35.9 Å². The third-order valence-corrected chi connectivity index (χ3v) is 3.89. The summed E-state index contributed by atoms with van der Waals surface area (Å²) in [7, 11) is 0. The molecule has 108 valence electrons. The maximum atomic E-state index is 11.9. The van der Waals surface area contributed by atoms with Crippen LogP contribution in [-0.2, 0) is 13.1 Å². The Morgan fingerprint density at radius 3 is 2.81 bits per heavy atom. The fourth-order valence-electron chi connectivity index (χ4n) is 2.32. The van der Waals surface area contributed by atoms with E-state index >= 15 is 0 Å². The molecular weight excluding hydrogens is 336 g/mol. The lowest BCUT2D eigenvalue weighted by atomic mass is 10.2. The predicted octanol–water partition coefficient (Wildman–Crippen LogP) is 1.72. The maximum absolute atomic E-state index is 11.9. The number of hydrogen-bond acceptors (Lipinski definition) is 3. The molecule has 0 fully saturated rings. The lowest BCUT2D eigenvalue weighted by Gasteiger charge is -2.03. The normalized spacial score (nSPS) is 11.1. The Balaban J connectivity index is 2.13. The van der Waals surface area contributed by atoms with Crippen LogP contribution in [0.15, 0.2) is 44.5 Å². The first-order chi connectivity index (χ1) is 10.1. The van der Waals surface area contributed by atoms with Crippen LogP contribution in [0.1, 0.15) is 12.6 Å². The molecule has 1 N–H and O–H groups in total. The molecule has 6 nitrogen and oxygen atoms in total. The number of rotatable bonds is 3. The first-order valence-corrected chi connectivity index (χ1v) is 7.33. The number of fused-ring (bicyclic) bond motifs is 1. The van der Waals surface area contributed by atoms with Crippen molar-refractivity contribution in [1.82, 2.24) is 19.3 Å². The van der Waals surface area contributed by atoms with E-state index in [0.29, 0.717) is 11.0 Å². The molecule has 0 amide bonds. The Morgan fingerprint density at radius 2 is 2.05 bits per heavy atom. The minimum atomic E-state index is -0.446. The molecular formula is C14H13BrN4O2. The Labute approximate surface area is 128 Å². The Kier molecular flexibility index (Phi) is 3.50. The molecule has 0 aliphatic rings. The van der Waals surface area contributed by atoms with Gasteiger partial charge in [-0.3, -0.25) is 19.0 Å². The number of halogens is 1. The summed E-state index contributed by atoms with van der Waals surface area (Å²) in [5, 5.41) is 5.55. The van der Waals surface area contributed by atoms with Crippen LogP contribution in [0.4, 0.5) is 0 Å². The Morgan fingerprint density at radius 1 is 1.29 bits per heavy atom. The van der Waals surface area contributed by atoms with E-state index in [-0.39, 0.29) is 0 Å². The van der Waals surface area contributed by atoms with Crippen molar-refractivity contribution in [2.75, 3.05) is 0 Å². The van der Waals surface area contributed by atoms with Crippen LogP contribution in [0.3, 0.4) is 0 Å². The second kappa shape index (κ2) is 5.33. The van der Waals surface area contributed by atoms with Gasteiger partial charge in [0.2, 0.25) is 0 Å². The molecule has 0 saturated carbocycles. The standard InChI is InChI=1S/C14H13BrN4O2/c1-2-19-12-6-4-3-5-9(12)11(17-19)8-18-7-10(15)13(20)16-14(18)21/h3-7H,2,8H2,1H3,(H,16,20,21). The third-order valence-electron chi connectivity index (χ3n) is 3.32. The number of aryl methyl sites for hydroxylation is 1. The van der Waals surface area contributed by atoms with Crippen LogP contribution >= 0.6 is 15.9 Å². The third kappa shape index (κ3) is 2.44. The fourth-order valence-corrected chi connectivity index (χ4v) is 2.66. The first-order valence-electron chi connectivity index (χ1n) is 6.54. The van der Waals surface area contributed by atoms with Gasteiger partial charge in [-0.05, 0) is 28.9 Å². The fraction of sp³-hybridized carbons (Fsp3) is 0.214. The summed E-state index contributed by atoms with van der Waals surface area (Å²) in [6.45, 7) is 3.08. The number of benzene rings is 1. The summed E-state index contributed by atoms with van der Waals surface area (Å²) in [5.41, 5.74) is 0.957. The maximum Gasteiger partial charge on any atom is 0.328 e. The number of nitrogens with one attached hydrogen (secondary N) is 1. The molecule has 2 aromatic heterocycles. The molecule has 21 heavy (non-hydrogen) atoms. The van der Waals surface area contributed by atoms with Crippen molar-refractivity contribution >= 4 is 26.8 Å². The lowest BCUT2D eigenvalue weighted by Crippen LogP contribution is -2.30. The summed E-state index contributed by atoms with van der Waals surface area (Å²) in [4.78, 5) is 25.5. The zero-order chi connectivity index (χ0) is 15.0. The topological polar surface area (TPSA) is 72.7 Å². The molecule has 7 heteroatoms. The van der Waals surface area contributed by atoms with Crippen LogP contribution < -0.4 is 11.2 Å².